The lowest BCUT2D eigenvalue weighted by atomic mass is 9.97. The van der Waals surface area contributed by atoms with E-state index >= 15 is 0 Å². The Bertz CT molecular complexity index is 839. The standard InChI is InChI=1S/C19H21N3O.ClH/c1-13(15-9-8-14-6-2-3-7-16(14)12-15)17-21-18(22-23-17)19(20)10-4-5-11-19;/h2-3,6-9,12-13H,4-5,10-11,20H2,1H3;1H. The van der Waals surface area contributed by atoms with Crippen molar-refractivity contribution >= 4 is 23.2 Å². The molecule has 126 valence electrons. The maximum atomic E-state index is 6.42. The summed E-state index contributed by atoms with van der Waals surface area (Å²) in [6, 6.07) is 14.8. The van der Waals surface area contributed by atoms with Gasteiger partial charge in [0.25, 0.3) is 0 Å². The number of halogens is 1. The molecule has 0 aliphatic heterocycles. The van der Waals surface area contributed by atoms with Crippen molar-refractivity contribution in [2.45, 2.75) is 44.1 Å². The molecule has 1 aliphatic rings. The Morgan fingerprint density at radius 2 is 1.79 bits per heavy atom. The molecule has 1 saturated carbocycles. The fourth-order valence-electron chi connectivity index (χ4n) is 3.46. The molecule has 1 atom stereocenters. The van der Waals surface area contributed by atoms with Crippen molar-refractivity contribution in [3.63, 3.8) is 0 Å². The molecule has 1 aromatic heterocycles. The molecule has 0 radical (unpaired) electrons. The summed E-state index contributed by atoms with van der Waals surface area (Å²) >= 11 is 0. The Morgan fingerprint density at radius 1 is 1.08 bits per heavy atom. The van der Waals surface area contributed by atoms with Crippen LogP contribution in [0.2, 0.25) is 0 Å². The molecule has 1 heterocycles. The fourth-order valence-corrected chi connectivity index (χ4v) is 3.46. The second kappa shape index (κ2) is 6.54. The molecule has 0 saturated heterocycles. The van der Waals surface area contributed by atoms with Gasteiger partial charge in [-0.3, -0.25) is 0 Å². The third kappa shape index (κ3) is 2.92. The van der Waals surface area contributed by atoms with E-state index in [1.54, 1.807) is 0 Å². The summed E-state index contributed by atoms with van der Waals surface area (Å²) in [7, 11) is 0. The van der Waals surface area contributed by atoms with Gasteiger partial charge in [0.1, 0.15) is 0 Å². The zero-order valence-electron chi connectivity index (χ0n) is 13.7. The number of hydrogen-bond donors (Lipinski definition) is 1. The van der Waals surface area contributed by atoms with Gasteiger partial charge >= 0.3 is 0 Å². The quantitative estimate of drug-likeness (QED) is 0.759. The van der Waals surface area contributed by atoms with Crippen LogP contribution in [0, 0.1) is 0 Å². The van der Waals surface area contributed by atoms with Crippen molar-refractivity contribution in [3.05, 3.63) is 59.7 Å². The van der Waals surface area contributed by atoms with E-state index in [-0.39, 0.29) is 18.3 Å². The minimum atomic E-state index is -0.398. The number of fused-ring (bicyclic) bond motifs is 1. The van der Waals surface area contributed by atoms with E-state index in [9.17, 15) is 0 Å². The van der Waals surface area contributed by atoms with E-state index in [2.05, 4.69) is 59.5 Å². The lowest BCUT2D eigenvalue weighted by Gasteiger charge is -2.17. The Hall–Kier alpha value is -1.91. The third-order valence-electron chi connectivity index (χ3n) is 5.03. The van der Waals surface area contributed by atoms with Crippen molar-refractivity contribution < 1.29 is 4.52 Å². The highest BCUT2D eigenvalue weighted by molar-refractivity contribution is 5.85. The van der Waals surface area contributed by atoms with Crippen LogP contribution in [0.3, 0.4) is 0 Å². The first-order valence-electron chi connectivity index (χ1n) is 8.27. The molecule has 3 aromatic rings. The van der Waals surface area contributed by atoms with Gasteiger partial charge in [-0.05, 0) is 36.1 Å². The third-order valence-corrected chi connectivity index (χ3v) is 5.03. The van der Waals surface area contributed by atoms with Gasteiger partial charge in [-0.15, -0.1) is 12.4 Å². The molecule has 4 rings (SSSR count). The number of aromatic nitrogens is 2. The van der Waals surface area contributed by atoms with Crippen molar-refractivity contribution in [2.75, 3.05) is 0 Å². The summed E-state index contributed by atoms with van der Waals surface area (Å²) in [6.07, 6.45) is 4.16. The Labute approximate surface area is 147 Å². The van der Waals surface area contributed by atoms with Crippen molar-refractivity contribution in [1.29, 1.82) is 0 Å². The second-order valence-electron chi connectivity index (χ2n) is 6.65. The summed E-state index contributed by atoms with van der Waals surface area (Å²) in [6.45, 7) is 2.10. The predicted octanol–water partition coefficient (Wildman–Crippen LogP) is 4.52. The van der Waals surface area contributed by atoms with E-state index < -0.39 is 5.54 Å². The van der Waals surface area contributed by atoms with E-state index in [1.165, 1.54) is 16.3 Å². The number of rotatable bonds is 3. The summed E-state index contributed by atoms with van der Waals surface area (Å²) < 4.78 is 5.53. The first-order chi connectivity index (χ1) is 11.2. The molecular formula is C19H22ClN3O. The van der Waals surface area contributed by atoms with Crippen molar-refractivity contribution in [1.82, 2.24) is 10.1 Å². The average molecular weight is 344 g/mol. The van der Waals surface area contributed by atoms with Gasteiger partial charge in [0.2, 0.25) is 5.89 Å². The topological polar surface area (TPSA) is 64.9 Å². The Morgan fingerprint density at radius 3 is 2.54 bits per heavy atom. The first kappa shape index (κ1) is 16.9. The highest BCUT2D eigenvalue weighted by atomic mass is 35.5. The van der Waals surface area contributed by atoms with Crippen LogP contribution >= 0.6 is 12.4 Å². The highest BCUT2D eigenvalue weighted by Crippen LogP contribution is 2.35. The van der Waals surface area contributed by atoms with Gasteiger partial charge in [0.05, 0.1) is 11.5 Å². The first-order valence-corrected chi connectivity index (χ1v) is 8.27. The van der Waals surface area contributed by atoms with Crippen LogP contribution < -0.4 is 5.73 Å². The molecule has 5 heteroatoms. The molecule has 1 fully saturated rings. The zero-order chi connectivity index (χ0) is 15.9. The van der Waals surface area contributed by atoms with E-state index in [0.717, 1.165) is 25.7 Å². The maximum Gasteiger partial charge on any atom is 0.233 e. The number of nitrogens with zero attached hydrogens (tertiary/aromatic N) is 2. The normalized spacial score (nSPS) is 17.6. The molecule has 1 unspecified atom stereocenters. The average Bonchev–Trinajstić information content (AvgIpc) is 3.24. The fraction of sp³-hybridized carbons (Fsp3) is 0.368. The molecule has 24 heavy (non-hydrogen) atoms. The van der Waals surface area contributed by atoms with Gasteiger partial charge in [0, 0.05) is 0 Å². The number of hydrogen-bond acceptors (Lipinski definition) is 4. The lowest BCUT2D eigenvalue weighted by Crippen LogP contribution is -2.34. The van der Waals surface area contributed by atoms with Crippen LogP contribution in [0.4, 0.5) is 0 Å². The SMILES string of the molecule is CC(c1ccc2ccccc2c1)c1nc(C2(N)CCCC2)no1.Cl. The molecule has 0 bridgehead atoms. The second-order valence-corrected chi connectivity index (χ2v) is 6.65. The number of benzene rings is 2. The summed E-state index contributed by atoms with van der Waals surface area (Å²) in [5, 5.41) is 6.63. The smallest absolute Gasteiger partial charge is 0.233 e. The molecule has 4 nitrogen and oxygen atoms in total. The van der Waals surface area contributed by atoms with Crippen LogP contribution in [-0.2, 0) is 5.54 Å². The van der Waals surface area contributed by atoms with E-state index in [1.807, 2.05) is 0 Å². The summed E-state index contributed by atoms with van der Waals surface area (Å²) in [5.41, 5.74) is 7.20. The van der Waals surface area contributed by atoms with Gasteiger partial charge in [-0.2, -0.15) is 4.98 Å². The summed E-state index contributed by atoms with van der Waals surface area (Å²) in [4.78, 5) is 4.62. The summed E-state index contributed by atoms with van der Waals surface area (Å²) in [5.74, 6) is 1.37. The Balaban J connectivity index is 0.00000169. The van der Waals surface area contributed by atoms with Gasteiger partial charge < -0.3 is 10.3 Å². The van der Waals surface area contributed by atoms with Gasteiger partial charge in [-0.25, -0.2) is 0 Å². The number of nitrogens with two attached hydrogens (primary N) is 1. The van der Waals surface area contributed by atoms with Crippen LogP contribution in [-0.4, -0.2) is 10.1 Å². The highest BCUT2D eigenvalue weighted by Gasteiger charge is 2.36. The molecule has 0 spiro atoms. The minimum absolute atomic E-state index is 0. The molecule has 0 amide bonds. The maximum absolute atomic E-state index is 6.42. The largest absolute Gasteiger partial charge is 0.339 e. The van der Waals surface area contributed by atoms with Gasteiger partial charge in [0.15, 0.2) is 5.82 Å². The minimum Gasteiger partial charge on any atom is -0.339 e. The Kier molecular flexibility index (Phi) is 4.61. The predicted molar refractivity (Wildman–Crippen MR) is 97.3 cm³/mol. The van der Waals surface area contributed by atoms with Gasteiger partial charge in [-0.1, -0.05) is 60.5 Å². The van der Waals surface area contributed by atoms with Crippen LogP contribution in [0.1, 0.15) is 55.8 Å². The molecule has 1 aliphatic carbocycles. The van der Waals surface area contributed by atoms with E-state index in [0.29, 0.717) is 11.7 Å². The molecule has 2 N–H and O–H groups in total. The van der Waals surface area contributed by atoms with Crippen molar-refractivity contribution in [2.24, 2.45) is 5.73 Å². The zero-order valence-corrected chi connectivity index (χ0v) is 14.6. The molecule has 2 aromatic carbocycles. The van der Waals surface area contributed by atoms with Crippen LogP contribution in [0.25, 0.3) is 10.8 Å². The lowest BCUT2D eigenvalue weighted by molar-refractivity contribution is 0.344. The van der Waals surface area contributed by atoms with Crippen LogP contribution in [0.15, 0.2) is 47.0 Å². The monoisotopic (exact) mass is 343 g/mol. The van der Waals surface area contributed by atoms with Crippen LogP contribution in [0.5, 0.6) is 0 Å². The van der Waals surface area contributed by atoms with E-state index in [4.69, 9.17) is 10.3 Å². The molecular weight excluding hydrogens is 322 g/mol. The van der Waals surface area contributed by atoms with Crippen molar-refractivity contribution in [3.8, 4) is 0 Å².